The van der Waals surface area contributed by atoms with Crippen molar-refractivity contribution in [3.05, 3.63) is 78.4 Å². The first-order valence-corrected chi connectivity index (χ1v) is 11.1. The molecular formula is C28H27N3O4. The maximum Gasteiger partial charge on any atom is 0.331 e. The lowest BCUT2D eigenvalue weighted by molar-refractivity contribution is -0.148. The summed E-state index contributed by atoms with van der Waals surface area (Å²) in [6.07, 6.45) is 3.12. The number of rotatable bonds is 7. The Morgan fingerprint density at radius 1 is 0.971 bits per heavy atom. The van der Waals surface area contributed by atoms with Crippen LogP contribution in [0.25, 0.3) is 28.2 Å². The van der Waals surface area contributed by atoms with E-state index in [2.05, 4.69) is 10.1 Å². The van der Waals surface area contributed by atoms with Crippen molar-refractivity contribution in [3.63, 3.8) is 0 Å². The summed E-state index contributed by atoms with van der Waals surface area (Å²) in [5.41, 5.74) is 10.7. The van der Waals surface area contributed by atoms with Gasteiger partial charge in [-0.15, -0.1) is 0 Å². The normalized spacial score (nSPS) is 11.5. The second-order valence-electron chi connectivity index (χ2n) is 8.94. The largest absolute Gasteiger partial charge is 0.497 e. The third-order valence-electron chi connectivity index (χ3n) is 5.16. The first-order valence-electron chi connectivity index (χ1n) is 11.1. The van der Waals surface area contributed by atoms with E-state index in [-0.39, 0.29) is 5.97 Å². The lowest BCUT2D eigenvalue weighted by Gasteiger charge is -2.17. The fourth-order valence-corrected chi connectivity index (χ4v) is 3.55. The third kappa shape index (κ3) is 5.76. The summed E-state index contributed by atoms with van der Waals surface area (Å²) < 4.78 is 17.0. The van der Waals surface area contributed by atoms with Gasteiger partial charge >= 0.3 is 5.97 Å². The van der Waals surface area contributed by atoms with Gasteiger partial charge in [0.25, 0.3) is 0 Å². The van der Waals surface area contributed by atoms with Crippen LogP contribution in [0.1, 0.15) is 26.3 Å². The Kier molecular flexibility index (Phi) is 6.68. The first-order chi connectivity index (χ1) is 16.8. The van der Waals surface area contributed by atoms with Crippen molar-refractivity contribution in [3.8, 4) is 28.5 Å². The average molecular weight is 470 g/mol. The SMILES string of the molecule is COc1ccc2c(Oc3ccc(/C=C/C(=O)OC(C)(C)C)cc3)c(-c3ccc(N=N)cc3)[nH]c2c1. The minimum Gasteiger partial charge on any atom is -0.497 e. The van der Waals surface area contributed by atoms with Crippen molar-refractivity contribution in [1.82, 2.24) is 4.98 Å². The number of nitrogens with zero attached hydrogens (tertiary/aromatic N) is 1. The number of carbonyl (C=O) groups is 1. The van der Waals surface area contributed by atoms with Gasteiger partial charge in [0.05, 0.1) is 24.0 Å². The van der Waals surface area contributed by atoms with Gasteiger partial charge in [-0.05, 0) is 68.8 Å². The van der Waals surface area contributed by atoms with Crippen LogP contribution in [0, 0.1) is 5.53 Å². The summed E-state index contributed by atoms with van der Waals surface area (Å²) in [6, 6.07) is 20.6. The standard InChI is InChI=1S/C28H27N3O4/c1-28(2,3)35-25(32)16-7-18-5-12-21(13-6-18)34-27-23-15-14-22(33-4)17-24(23)30-26(27)19-8-10-20(31-29)11-9-19/h5-17,29-30H,1-4H3/b16-7+,31-29?. The van der Waals surface area contributed by atoms with Crippen LogP contribution in [-0.2, 0) is 9.53 Å². The molecular weight excluding hydrogens is 442 g/mol. The lowest BCUT2D eigenvalue weighted by atomic mass is 10.1. The molecule has 0 aliphatic heterocycles. The van der Waals surface area contributed by atoms with Crippen molar-refractivity contribution in [2.75, 3.05) is 7.11 Å². The van der Waals surface area contributed by atoms with Crippen molar-refractivity contribution in [2.24, 2.45) is 5.11 Å². The molecule has 3 aromatic carbocycles. The number of fused-ring (bicyclic) bond motifs is 1. The molecule has 0 saturated heterocycles. The summed E-state index contributed by atoms with van der Waals surface area (Å²) in [6.45, 7) is 5.50. The zero-order valence-corrected chi connectivity index (χ0v) is 20.1. The molecule has 35 heavy (non-hydrogen) atoms. The van der Waals surface area contributed by atoms with Crippen LogP contribution < -0.4 is 9.47 Å². The molecule has 0 aliphatic carbocycles. The average Bonchev–Trinajstić information content (AvgIpc) is 3.20. The van der Waals surface area contributed by atoms with E-state index in [9.17, 15) is 4.79 Å². The van der Waals surface area contributed by atoms with E-state index in [4.69, 9.17) is 19.7 Å². The number of benzene rings is 3. The summed E-state index contributed by atoms with van der Waals surface area (Å²) in [5, 5.41) is 4.38. The van der Waals surface area contributed by atoms with Crippen LogP contribution in [0.15, 0.2) is 77.9 Å². The topological polar surface area (TPSA) is 96.8 Å². The van der Waals surface area contributed by atoms with Crippen LogP contribution in [0.3, 0.4) is 0 Å². The molecule has 0 amide bonds. The van der Waals surface area contributed by atoms with E-state index >= 15 is 0 Å². The molecule has 0 fully saturated rings. The van der Waals surface area contributed by atoms with Gasteiger partial charge in [0.1, 0.15) is 17.1 Å². The minimum absolute atomic E-state index is 0.388. The van der Waals surface area contributed by atoms with E-state index in [0.717, 1.165) is 33.5 Å². The fraction of sp³-hybridized carbons (Fsp3) is 0.179. The van der Waals surface area contributed by atoms with Crippen molar-refractivity contribution in [2.45, 2.75) is 26.4 Å². The number of hydrogen-bond acceptors (Lipinski definition) is 6. The Morgan fingerprint density at radius 2 is 1.66 bits per heavy atom. The van der Waals surface area contributed by atoms with E-state index in [1.807, 2.05) is 75.4 Å². The molecule has 178 valence electrons. The van der Waals surface area contributed by atoms with Gasteiger partial charge in [0.15, 0.2) is 5.75 Å². The maximum atomic E-state index is 11.9. The predicted molar refractivity (Wildman–Crippen MR) is 136 cm³/mol. The van der Waals surface area contributed by atoms with Crippen LogP contribution >= 0.6 is 0 Å². The number of carbonyl (C=O) groups excluding carboxylic acids is 1. The van der Waals surface area contributed by atoms with E-state index < -0.39 is 5.60 Å². The van der Waals surface area contributed by atoms with Gasteiger partial charge in [-0.3, -0.25) is 0 Å². The molecule has 0 saturated carbocycles. The number of aromatic nitrogens is 1. The Hall–Kier alpha value is -4.39. The molecule has 1 heterocycles. The number of methoxy groups -OCH3 is 1. The molecule has 7 nitrogen and oxygen atoms in total. The maximum absolute atomic E-state index is 11.9. The van der Waals surface area contributed by atoms with Crippen LogP contribution in [0.5, 0.6) is 17.2 Å². The van der Waals surface area contributed by atoms with Gasteiger partial charge in [0.2, 0.25) is 0 Å². The van der Waals surface area contributed by atoms with E-state index in [0.29, 0.717) is 17.2 Å². The van der Waals surface area contributed by atoms with Crippen molar-refractivity contribution in [1.29, 1.82) is 5.53 Å². The van der Waals surface area contributed by atoms with Crippen molar-refractivity contribution < 1.29 is 19.0 Å². The molecule has 0 bridgehead atoms. The Labute approximate surface area is 203 Å². The highest BCUT2D eigenvalue weighted by Gasteiger charge is 2.17. The number of esters is 1. The van der Waals surface area contributed by atoms with Gasteiger partial charge < -0.3 is 19.2 Å². The van der Waals surface area contributed by atoms with Crippen LogP contribution in [0.4, 0.5) is 5.69 Å². The third-order valence-corrected chi connectivity index (χ3v) is 5.16. The zero-order valence-electron chi connectivity index (χ0n) is 20.1. The molecule has 0 radical (unpaired) electrons. The summed E-state index contributed by atoms with van der Waals surface area (Å²) in [4.78, 5) is 15.4. The number of H-pyrrole nitrogens is 1. The zero-order chi connectivity index (χ0) is 25.0. The first kappa shape index (κ1) is 23.8. The van der Waals surface area contributed by atoms with E-state index in [1.54, 1.807) is 25.3 Å². The Morgan fingerprint density at radius 3 is 2.29 bits per heavy atom. The molecule has 4 rings (SSSR count). The monoisotopic (exact) mass is 469 g/mol. The number of nitrogens with one attached hydrogen (secondary N) is 2. The number of ether oxygens (including phenoxy) is 3. The second kappa shape index (κ2) is 9.85. The Balaban J connectivity index is 1.63. The summed E-state index contributed by atoms with van der Waals surface area (Å²) in [5.74, 6) is 1.67. The molecule has 0 atom stereocenters. The fourth-order valence-electron chi connectivity index (χ4n) is 3.55. The molecule has 0 aliphatic rings. The van der Waals surface area contributed by atoms with Crippen molar-refractivity contribution >= 4 is 28.6 Å². The molecule has 7 heteroatoms. The predicted octanol–water partition coefficient (Wildman–Crippen LogP) is 7.65. The van der Waals surface area contributed by atoms with Gasteiger partial charge in [-0.25, -0.2) is 10.3 Å². The lowest BCUT2D eigenvalue weighted by Crippen LogP contribution is -2.22. The van der Waals surface area contributed by atoms with Gasteiger partial charge in [-0.1, -0.05) is 24.3 Å². The van der Waals surface area contributed by atoms with Crippen LogP contribution in [0.2, 0.25) is 0 Å². The minimum atomic E-state index is -0.531. The second-order valence-corrected chi connectivity index (χ2v) is 8.94. The number of aromatic amines is 1. The highest BCUT2D eigenvalue weighted by Crippen LogP contribution is 2.41. The van der Waals surface area contributed by atoms with Gasteiger partial charge in [0, 0.05) is 23.1 Å². The van der Waals surface area contributed by atoms with Gasteiger partial charge in [-0.2, -0.15) is 5.11 Å². The van der Waals surface area contributed by atoms with E-state index in [1.165, 1.54) is 6.08 Å². The van der Waals surface area contributed by atoms with Crippen LogP contribution in [-0.4, -0.2) is 23.7 Å². The number of hydrogen-bond donors (Lipinski definition) is 2. The molecule has 1 aromatic heterocycles. The smallest absolute Gasteiger partial charge is 0.331 e. The summed E-state index contributed by atoms with van der Waals surface area (Å²) in [7, 11) is 1.63. The molecule has 2 N–H and O–H groups in total. The quantitative estimate of drug-likeness (QED) is 0.165. The summed E-state index contributed by atoms with van der Waals surface area (Å²) >= 11 is 0. The molecule has 0 unspecified atom stereocenters. The molecule has 4 aromatic rings. The highest BCUT2D eigenvalue weighted by atomic mass is 16.6. The Bertz CT molecular complexity index is 1380. The highest BCUT2D eigenvalue weighted by molar-refractivity contribution is 5.95. The molecule has 0 spiro atoms.